The highest BCUT2D eigenvalue weighted by Gasteiger charge is 2.25. The highest BCUT2D eigenvalue weighted by atomic mass is 32.2. The molecule has 2 unspecified atom stereocenters. The van der Waals surface area contributed by atoms with Crippen molar-refractivity contribution in [3.05, 3.63) is 29.8 Å². The minimum Gasteiger partial charge on any atom is -0.463 e. The monoisotopic (exact) mass is 564 g/mol. The molecule has 0 radical (unpaired) electrons. The van der Waals surface area contributed by atoms with Gasteiger partial charge >= 0.3 is 0 Å². The first kappa shape index (κ1) is 33.6. The van der Waals surface area contributed by atoms with Crippen molar-refractivity contribution in [3.8, 4) is 0 Å². The van der Waals surface area contributed by atoms with E-state index in [4.69, 9.17) is 0 Å². The van der Waals surface area contributed by atoms with E-state index < -0.39 is 23.8 Å². The van der Waals surface area contributed by atoms with Gasteiger partial charge in [0.2, 0.25) is 30.0 Å². The second-order valence-corrected chi connectivity index (χ2v) is 10.9. The molecule has 0 saturated carbocycles. The van der Waals surface area contributed by atoms with Gasteiger partial charge in [0.25, 0.3) is 6.47 Å². The van der Waals surface area contributed by atoms with Crippen LogP contribution in [0.2, 0.25) is 0 Å². The summed E-state index contributed by atoms with van der Waals surface area (Å²) in [5, 5.41) is 7.96. The van der Waals surface area contributed by atoms with Crippen molar-refractivity contribution in [3.63, 3.8) is 0 Å². The van der Waals surface area contributed by atoms with Crippen molar-refractivity contribution in [1.29, 1.82) is 0 Å². The van der Waals surface area contributed by atoms with Crippen molar-refractivity contribution in [1.82, 2.24) is 15.5 Å². The number of carbonyl (C=O) groups excluding carboxylic acids is 6. The number of carbonyl (C=O) groups is 6. The number of nitrogens with zero attached hydrogens (tertiary/aromatic N) is 1. The van der Waals surface area contributed by atoms with Crippen LogP contribution in [-0.4, -0.2) is 71.5 Å². The van der Waals surface area contributed by atoms with Gasteiger partial charge in [-0.1, -0.05) is 39.8 Å². The molecule has 1 aromatic carbocycles. The lowest BCUT2D eigenvalue weighted by atomic mass is 10.0. The molecule has 0 aliphatic rings. The van der Waals surface area contributed by atoms with E-state index >= 15 is 0 Å². The van der Waals surface area contributed by atoms with Crippen LogP contribution < -0.4 is 16.0 Å². The van der Waals surface area contributed by atoms with Crippen molar-refractivity contribution >= 4 is 54.0 Å². The minimum atomic E-state index is -0.859. The maximum atomic E-state index is 12.7. The fraction of sp³-hybridized carbons (Fsp3) is 0.556. The summed E-state index contributed by atoms with van der Waals surface area (Å²) in [4.78, 5) is 72.5. The van der Waals surface area contributed by atoms with Gasteiger partial charge in [0.05, 0.1) is 6.54 Å². The largest absolute Gasteiger partial charge is 0.463 e. The Hall–Kier alpha value is -3.41. The normalized spacial score (nSPS) is 12.1. The molecule has 216 valence electrons. The number of rotatable bonds is 19. The fourth-order valence-corrected chi connectivity index (χ4v) is 4.36. The van der Waals surface area contributed by atoms with E-state index in [0.29, 0.717) is 18.6 Å². The molecule has 0 saturated heterocycles. The van der Waals surface area contributed by atoms with Crippen LogP contribution in [0.25, 0.3) is 0 Å². The Morgan fingerprint density at radius 3 is 2.33 bits per heavy atom. The molecule has 0 aromatic heterocycles. The molecular formula is C27H40N4O7S. The smallest absolute Gasteiger partial charge is 0.293 e. The summed E-state index contributed by atoms with van der Waals surface area (Å²) in [6, 6.07) is 5.82. The summed E-state index contributed by atoms with van der Waals surface area (Å²) in [7, 11) is 0. The Morgan fingerprint density at radius 1 is 1.05 bits per heavy atom. The Balaban J connectivity index is 2.48. The molecule has 0 spiro atoms. The van der Waals surface area contributed by atoms with E-state index in [0.717, 1.165) is 22.6 Å². The average molecular weight is 565 g/mol. The third-order valence-electron chi connectivity index (χ3n) is 5.56. The van der Waals surface area contributed by atoms with Crippen molar-refractivity contribution in [2.24, 2.45) is 5.92 Å². The second kappa shape index (κ2) is 18.8. The van der Waals surface area contributed by atoms with E-state index in [1.807, 2.05) is 6.92 Å². The lowest BCUT2D eigenvalue weighted by Crippen LogP contribution is -2.51. The summed E-state index contributed by atoms with van der Waals surface area (Å²) in [6.07, 6.45) is 2.04. The van der Waals surface area contributed by atoms with Gasteiger partial charge in [-0.2, -0.15) is 11.8 Å². The summed E-state index contributed by atoms with van der Waals surface area (Å²) >= 11 is 1.68. The number of hydrogen-bond donors (Lipinski definition) is 3. The summed E-state index contributed by atoms with van der Waals surface area (Å²) < 4.78 is 4.67. The second-order valence-electron chi connectivity index (χ2n) is 9.34. The van der Waals surface area contributed by atoms with E-state index in [9.17, 15) is 28.8 Å². The molecule has 39 heavy (non-hydrogen) atoms. The van der Waals surface area contributed by atoms with Gasteiger partial charge in [0.1, 0.15) is 12.6 Å². The van der Waals surface area contributed by atoms with Gasteiger partial charge in [-0.3, -0.25) is 33.7 Å². The van der Waals surface area contributed by atoms with Crippen LogP contribution in [0.1, 0.15) is 58.9 Å². The van der Waals surface area contributed by atoms with Crippen LogP contribution in [0.4, 0.5) is 5.69 Å². The van der Waals surface area contributed by atoms with Crippen LogP contribution >= 0.6 is 11.8 Å². The number of imide groups is 1. The predicted octanol–water partition coefficient (Wildman–Crippen LogP) is 2.24. The van der Waals surface area contributed by atoms with Crippen LogP contribution in [0, 0.1) is 5.92 Å². The molecule has 11 nitrogen and oxygen atoms in total. The van der Waals surface area contributed by atoms with Crippen LogP contribution in [-0.2, 0) is 40.1 Å². The highest BCUT2D eigenvalue weighted by Crippen LogP contribution is 2.16. The molecule has 0 bridgehead atoms. The fourth-order valence-electron chi connectivity index (χ4n) is 3.46. The number of amides is 5. The zero-order valence-electron chi connectivity index (χ0n) is 23.1. The van der Waals surface area contributed by atoms with Crippen molar-refractivity contribution < 1.29 is 33.5 Å². The number of thioether (sulfide) groups is 1. The third kappa shape index (κ3) is 13.8. The van der Waals surface area contributed by atoms with Gasteiger partial charge in [0, 0.05) is 30.3 Å². The van der Waals surface area contributed by atoms with Gasteiger partial charge in [0.15, 0.2) is 0 Å². The van der Waals surface area contributed by atoms with Gasteiger partial charge < -0.3 is 20.7 Å². The molecule has 0 heterocycles. The molecule has 2 atom stereocenters. The van der Waals surface area contributed by atoms with Crippen LogP contribution in [0.15, 0.2) is 24.3 Å². The Kier molecular flexibility index (Phi) is 16.2. The quantitative estimate of drug-likeness (QED) is 0.217. The molecule has 1 rings (SSSR count). The zero-order valence-corrected chi connectivity index (χ0v) is 23.9. The lowest BCUT2D eigenvalue weighted by molar-refractivity contribution is -0.138. The van der Waals surface area contributed by atoms with E-state index in [1.54, 1.807) is 49.9 Å². The average Bonchev–Trinajstić information content (AvgIpc) is 2.90. The van der Waals surface area contributed by atoms with Crippen LogP contribution in [0.5, 0.6) is 0 Å². The predicted molar refractivity (Wildman–Crippen MR) is 150 cm³/mol. The Bertz CT molecular complexity index is 956. The molecule has 3 N–H and O–H groups in total. The summed E-state index contributed by atoms with van der Waals surface area (Å²) in [5.74, 6) is -0.917. The first-order valence-electron chi connectivity index (χ1n) is 13.0. The molecule has 5 amide bonds. The molecule has 0 fully saturated rings. The molecule has 12 heteroatoms. The van der Waals surface area contributed by atoms with E-state index in [-0.39, 0.29) is 56.0 Å². The highest BCUT2D eigenvalue weighted by molar-refractivity contribution is 7.99. The topological polar surface area (TPSA) is 151 Å². The third-order valence-corrected chi connectivity index (χ3v) is 6.94. The van der Waals surface area contributed by atoms with E-state index in [2.05, 4.69) is 27.6 Å². The number of ether oxygens (including phenoxy) is 1. The SMILES string of the molecule is CCCSC(C)CC(=O)N(C=O)CCCC(=O)NC(C(=O)NCC(=O)Nc1ccc(COC=O)cc1)C(C)C. The lowest BCUT2D eigenvalue weighted by Gasteiger charge is -2.22. The first-order chi connectivity index (χ1) is 18.6. The number of anilines is 1. The summed E-state index contributed by atoms with van der Waals surface area (Å²) in [5.41, 5.74) is 1.26. The van der Waals surface area contributed by atoms with Gasteiger partial charge in [-0.25, -0.2) is 0 Å². The van der Waals surface area contributed by atoms with Crippen LogP contribution in [0.3, 0.4) is 0 Å². The Morgan fingerprint density at radius 2 is 1.74 bits per heavy atom. The molecule has 0 aliphatic carbocycles. The molecule has 1 aromatic rings. The number of benzene rings is 1. The zero-order chi connectivity index (χ0) is 29.2. The molecule has 0 aliphatic heterocycles. The first-order valence-corrected chi connectivity index (χ1v) is 14.0. The minimum absolute atomic E-state index is 0.0304. The van der Waals surface area contributed by atoms with Gasteiger partial charge in [-0.15, -0.1) is 0 Å². The number of hydrogen-bond acceptors (Lipinski definition) is 8. The summed E-state index contributed by atoms with van der Waals surface area (Å²) in [6.45, 7) is 7.85. The molecular weight excluding hydrogens is 524 g/mol. The van der Waals surface area contributed by atoms with E-state index in [1.165, 1.54) is 0 Å². The van der Waals surface area contributed by atoms with Crippen molar-refractivity contribution in [2.75, 3.05) is 24.2 Å². The van der Waals surface area contributed by atoms with Crippen molar-refractivity contribution in [2.45, 2.75) is 71.3 Å². The standard InChI is InChI=1S/C27H40N4O7S/c1-5-13-39-20(4)14-25(36)31(17-32)12-6-7-23(34)30-26(19(2)3)27(37)28-15-24(35)29-22-10-8-21(9-11-22)16-38-18-33/h8-11,17-20,26H,5-7,12-16H2,1-4H3,(H,28,37)(H,29,35)(H,30,34). The number of nitrogens with one attached hydrogen (secondary N) is 3. The maximum absolute atomic E-state index is 12.7. The Labute approximate surface area is 234 Å². The van der Waals surface area contributed by atoms with Gasteiger partial charge in [-0.05, 0) is 42.2 Å². The maximum Gasteiger partial charge on any atom is 0.293 e.